The lowest BCUT2D eigenvalue weighted by Gasteiger charge is -2.34. The fraction of sp³-hybridized carbons (Fsp3) is 0.500. The maximum absolute atomic E-state index is 13.4. The number of hydrogen-bond donors (Lipinski definition) is 1. The Morgan fingerprint density at radius 1 is 1.14 bits per heavy atom. The van der Waals surface area contributed by atoms with Gasteiger partial charge in [0.1, 0.15) is 5.82 Å². The van der Waals surface area contributed by atoms with Gasteiger partial charge < -0.3 is 5.32 Å². The second-order valence-corrected chi connectivity index (χ2v) is 8.01. The van der Waals surface area contributed by atoms with Crippen LogP contribution in [0.5, 0.6) is 0 Å². The van der Waals surface area contributed by atoms with Crippen molar-refractivity contribution < 1.29 is 22.4 Å². The standard InChI is InChI=1S/C20H21F4N3O/c1-11-4-3-5-12(6-11)15-16(13-7-19(21,22)8-13)26-27(2)17(15)25-18(28)14-9-20(23,24)10-14/h3-6,13-14H,7-10H2,1-2H3,(H,25,28). The van der Waals surface area contributed by atoms with E-state index in [1.165, 1.54) is 4.68 Å². The summed E-state index contributed by atoms with van der Waals surface area (Å²) in [6.45, 7) is 1.91. The number of hydrogen-bond acceptors (Lipinski definition) is 2. The molecule has 8 heteroatoms. The van der Waals surface area contributed by atoms with Gasteiger partial charge in [-0.05, 0) is 12.5 Å². The first-order chi connectivity index (χ1) is 13.0. The summed E-state index contributed by atoms with van der Waals surface area (Å²) in [4.78, 5) is 12.4. The van der Waals surface area contributed by atoms with Crippen LogP contribution in [0.25, 0.3) is 11.1 Å². The topological polar surface area (TPSA) is 46.9 Å². The second-order valence-electron chi connectivity index (χ2n) is 8.01. The molecule has 2 aromatic rings. The molecule has 0 radical (unpaired) electrons. The zero-order valence-corrected chi connectivity index (χ0v) is 15.6. The third-order valence-corrected chi connectivity index (χ3v) is 5.56. The third-order valence-electron chi connectivity index (χ3n) is 5.56. The Hall–Kier alpha value is -2.38. The van der Waals surface area contributed by atoms with E-state index in [1.807, 2.05) is 31.2 Å². The minimum absolute atomic E-state index is 0.287. The van der Waals surface area contributed by atoms with E-state index < -0.39 is 42.4 Å². The minimum Gasteiger partial charge on any atom is -0.310 e. The molecule has 2 aliphatic rings. The van der Waals surface area contributed by atoms with Crippen molar-refractivity contribution in [2.75, 3.05) is 5.32 Å². The number of nitrogens with one attached hydrogen (secondary N) is 1. The molecule has 1 aromatic carbocycles. The van der Waals surface area contributed by atoms with Crippen molar-refractivity contribution in [3.8, 4) is 11.1 Å². The zero-order chi connectivity index (χ0) is 20.3. The average Bonchev–Trinajstić information content (AvgIpc) is 2.86. The maximum Gasteiger partial charge on any atom is 0.249 e. The number of anilines is 1. The number of halogens is 4. The van der Waals surface area contributed by atoms with Crippen LogP contribution in [0, 0.1) is 12.8 Å². The molecule has 4 nitrogen and oxygen atoms in total. The Morgan fingerprint density at radius 2 is 1.79 bits per heavy atom. The van der Waals surface area contributed by atoms with Crippen molar-refractivity contribution in [1.82, 2.24) is 9.78 Å². The van der Waals surface area contributed by atoms with Gasteiger partial charge in [0, 0.05) is 50.1 Å². The fourth-order valence-electron chi connectivity index (χ4n) is 3.98. The Labute approximate surface area is 159 Å². The van der Waals surface area contributed by atoms with Gasteiger partial charge in [-0.3, -0.25) is 9.48 Å². The van der Waals surface area contributed by atoms with Gasteiger partial charge in [-0.1, -0.05) is 29.8 Å². The Balaban J connectivity index is 1.69. The first-order valence-corrected chi connectivity index (χ1v) is 9.25. The highest BCUT2D eigenvalue weighted by atomic mass is 19.3. The number of carbonyl (C=O) groups excluding carboxylic acids is 1. The largest absolute Gasteiger partial charge is 0.310 e. The summed E-state index contributed by atoms with van der Waals surface area (Å²) >= 11 is 0. The molecular weight excluding hydrogens is 374 g/mol. The molecule has 1 amide bonds. The van der Waals surface area contributed by atoms with Gasteiger partial charge in [-0.2, -0.15) is 5.10 Å². The van der Waals surface area contributed by atoms with E-state index in [2.05, 4.69) is 10.4 Å². The van der Waals surface area contributed by atoms with Crippen LogP contribution < -0.4 is 5.32 Å². The Morgan fingerprint density at radius 3 is 2.36 bits per heavy atom. The SMILES string of the molecule is Cc1cccc(-c2c(C3CC(F)(F)C3)nn(C)c2NC(=O)C2CC(F)(F)C2)c1. The molecule has 2 fully saturated rings. The number of amides is 1. The van der Waals surface area contributed by atoms with Gasteiger partial charge in [0.25, 0.3) is 0 Å². The van der Waals surface area contributed by atoms with Gasteiger partial charge in [0.15, 0.2) is 0 Å². The lowest BCUT2D eigenvalue weighted by Crippen LogP contribution is -2.42. The summed E-state index contributed by atoms with van der Waals surface area (Å²) in [6.07, 6.45) is -1.52. The van der Waals surface area contributed by atoms with Gasteiger partial charge in [-0.25, -0.2) is 17.6 Å². The Kier molecular flexibility index (Phi) is 4.28. The van der Waals surface area contributed by atoms with Crippen LogP contribution >= 0.6 is 0 Å². The van der Waals surface area contributed by atoms with Crippen molar-refractivity contribution >= 4 is 11.7 Å². The second kappa shape index (κ2) is 6.32. The molecule has 0 bridgehead atoms. The summed E-state index contributed by atoms with van der Waals surface area (Å²) in [5, 5.41) is 7.13. The molecule has 1 aromatic heterocycles. The van der Waals surface area contributed by atoms with Crippen molar-refractivity contribution in [2.24, 2.45) is 13.0 Å². The predicted octanol–water partition coefficient (Wildman–Crippen LogP) is 4.89. The molecule has 0 aliphatic heterocycles. The summed E-state index contributed by atoms with van der Waals surface area (Å²) in [6, 6.07) is 7.47. The van der Waals surface area contributed by atoms with Crippen LogP contribution in [0.3, 0.4) is 0 Å². The molecular formula is C20H21F4N3O. The number of alkyl halides is 4. The first kappa shape index (κ1) is 19.0. The average molecular weight is 395 g/mol. The molecule has 150 valence electrons. The number of rotatable bonds is 4. The Bertz CT molecular complexity index is 922. The van der Waals surface area contributed by atoms with E-state index >= 15 is 0 Å². The number of aromatic nitrogens is 2. The van der Waals surface area contributed by atoms with Gasteiger partial charge in [-0.15, -0.1) is 0 Å². The molecule has 2 saturated carbocycles. The molecule has 1 heterocycles. The predicted molar refractivity (Wildman–Crippen MR) is 96.6 cm³/mol. The third kappa shape index (κ3) is 3.40. The van der Waals surface area contributed by atoms with Crippen molar-refractivity contribution in [2.45, 2.75) is 50.4 Å². The van der Waals surface area contributed by atoms with Crippen LogP contribution in [0.4, 0.5) is 23.4 Å². The highest BCUT2D eigenvalue weighted by Gasteiger charge is 2.50. The molecule has 4 rings (SSSR count). The summed E-state index contributed by atoms with van der Waals surface area (Å²) in [5.74, 6) is -6.80. The molecule has 0 saturated heterocycles. The van der Waals surface area contributed by atoms with Crippen molar-refractivity contribution in [3.63, 3.8) is 0 Å². The first-order valence-electron chi connectivity index (χ1n) is 9.25. The lowest BCUT2D eigenvalue weighted by atomic mass is 9.77. The van der Waals surface area contributed by atoms with Crippen LogP contribution in [-0.4, -0.2) is 27.5 Å². The monoisotopic (exact) mass is 395 g/mol. The van der Waals surface area contributed by atoms with E-state index in [9.17, 15) is 22.4 Å². The van der Waals surface area contributed by atoms with E-state index in [0.717, 1.165) is 11.1 Å². The maximum atomic E-state index is 13.4. The molecule has 28 heavy (non-hydrogen) atoms. The van der Waals surface area contributed by atoms with E-state index in [1.54, 1.807) is 7.05 Å². The van der Waals surface area contributed by atoms with Crippen molar-refractivity contribution in [3.05, 3.63) is 35.5 Å². The summed E-state index contributed by atoms with van der Waals surface area (Å²) in [5.41, 5.74) is 2.83. The molecule has 0 unspecified atom stereocenters. The molecule has 1 N–H and O–H groups in total. The number of nitrogens with zero attached hydrogens (tertiary/aromatic N) is 2. The van der Waals surface area contributed by atoms with E-state index in [4.69, 9.17) is 0 Å². The zero-order valence-electron chi connectivity index (χ0n) is 15.6. The van der Waals surface area contributed by atoms with E-state index in [0.29, 0.717) is 17.1 Å². The molecule has 0 atom stereocenters. The van der Waals surface area contributed by atoms with Gasteiger partial charge in [0.05, 0.1) is 5.69 Å². The van der Waals surface area contributed by atoms with Crippen LogP contribution in [0.2, 0.25) is 0 Å². The fourth-order valence-corrected chi connectivity index (χ4v) is 3.98. The number of carbonyl (C=O) groups is 1. The van der Waals surface area contributed by atoms with Crippen LogP contribution in [0.15, 0.2) is 24.3 Å². The smallest absolute Gasteiger partial charge is 0.249 e. The molecule has 0 spiro atoms. The number of benzene rings is 1. The van der Waals surface area contributed by atoms with Gasteiger partial charge in [0.2, 0.25) is 17.8 Å². The lowest BCUT2D eigenvalue weighted by molar-refractivity contribution is -0.145. The normalized spacial score (nSPS) is 21.1. The van der Waals surface area contributed by atoms with Gasteiger partial charge >= 0.3 is 0 Å². The van der Waals surface area contributed by atoms with E-state index in [-0.39, 0.29) is 12.8 Å². The highest BCUT2D eigenvalue weighted by molar-refractivity contribution is 5.97. The number of aryl methyl sites for hydroxylation is 2. The van der Waals surface area contributed by atoms with Crippen LogP contribution in [-0.2, 0) is 11.8 Å². The van der Waals surface area contributed by atoms with Crippen LogP contribution in [0.1, 0.15) is 42.9 Å². The minimum atomic E-state index is -2.80. The quantitative estimate of drug-likeness (QED) is 0.749. The summed E-state index contributed by atoms with van der Waals surface area (Å²) in [7, 11) is 1.62. The highest BCUT2D eigenvalue weighted by Crippen LogP contribution is 2.51. The molecule has 2 aliphatic carbocycles. The summed E-state index contributed by atoms with van der Waals surface area (Å²) < 4.78 is 54.6. The van der Waals surface area contributed by atoms with Crippen molar-refractivity contribution in [1.29, 1.82) is 0 Å².